The molecular weight excluding hydrogens is 396 g/mol. The van der Waals surface area contributed by atoms with Crippen molar-refractivity contribution < 1.29 is 23.9 Å². The molecule has 0 bridgehead atoms. The summed E-state index contributed by atoms with van der Waals surface area (Å²) in [7, 11) is 3.23. The fourth-order valence-electron chi connectivity index (χ4n) is 2.56. The highest BCUT2D eigenvalue weighted by atomic mass is 32.1. The van der Waals surface area contributed by atoms with Crippen LogP contribution in [0.25, 0.3) is 0 Å². The Bertz CT molecular complexity index is 760. The van der Waals surface area contributed by atoms with Gasteiger partial charge in [-0.05, 0) is 32.9 Å². The number of carbonyl (C=O) groups is 4. The van der Waals surface area contributed by atoms with Gasteiger partial charge in [0.2, 0.25) is 11.8 Å². The van der Waals surface area contributed by atoms with Crippen LogP contribution in [0.15, 0.2) is 0 Å². The van der Waals surface area contributed by atoms with Gasteiger partial charge in [0.15, 0.2) is 0 Å². The summed E-state index contributed by atoms with van der Waals surface area (Å²) in [6.45, 7) is 8.27. The lowest BCUT2D eigenvalue weighted by atomic mass is 10.1. The molecule has 0 aliphatic rings. The van der Waals surface area contributed by atoms with Gasteiger partial charge in [-0.25, -0.2) is 4.79 Å². The first-order valence-electron chi connectivity index (χ1n) is 9.47. The van der Waals surface area contributed by atoms with Crippen molar-refractivity contribution >= 4 is 40.0 Å². The average Bonchev–Trinajstić information content (AvgIpc) is 2.96. The number of hydrogen-bond donors (Lipinski definition) is 2. The Morgan fingerprint density at radius 3 is 2.17 bits per heavy atom. The van der Waals surface area contributed by atoms with Crippen LogP contribution in [0.4, 0.5) is 5.00 Å². The molecule has 3 amide bonds. The minimum atomic E-state index is -0.593. The number of esters is 1. The third kappa shape index (κ3) is 6.82. The summed E-state index contributed by atoms with van der Waals surface area (Å²) in [4.78, 5) is 52.6. The molecule has 0 radical (unpaired) electrons. The van der Waals surface area contributed by atoms with E-state index in [1.165, 1.54) is 4.90 Å². The molecule has 9 nitrogen and oxygen atoms in total. The molecule has 0 saturated carbocycles. The molecule has 1 aromatic rings. The predicted molar refractivity (Wildman–Crippen MR) is 112 cm³/mol. The summed E-state index contributed by atoms with van der Waals surface area (Å²) >= 11 is 1.04. The molecule has 29 heavy (non-hydrogen) atoms. The van der Waals surface area contributed by atoms with Gasteiger partial charge in [0.25, 0.3) is 5.91 Å². The second-order valence-electron chi connectivity index (χ2n) is 6.49. The number of amides is 3. The summed E-state index contributed by atoms with van der Waals surface area (Å²) in [5.74, 6) is -1.40. The van der Waals surface area contributed by atoms with Crippen molar-refractivity contribution in [1.82, 2.24) is 15.1 Å². The summed E-state index contributed by atoms with van der Waals surface area (Å²) in [6, 6.07) is 0. The zero-order chi connectivity index (χ0) is 22.1. The molecule has 0 aromatic carbocycles. The van der Waals surface area contributed by atoms with Crippen LogP contribution in [-0.4, -0.2) is 80.4 Å². The van der Waals surface area contributed by atoms with E-state index in [1.54, 1.807) is 32.8 Å². The van der Waals surface area contributed by atoms with E-state index in [-0.39, 0.29) is 48.0 Å². The third-order valence-corrected chi connectivity index (χ3v) is 5.23. The molecule has 1 rings (SSSR count). The molecule has 162 valence electrons. The zero-order valence-corrected chi connectivity index (χ0v) is 18.7. The van der Waals surface area contributed by atoms with Gasteiger partial charge in [0.05, 0.1) is 30.1 Å². The zero-order valence-electron chi connectivity index (χ0n) is 17.9. The van der Waals surface area contributed by atoms with E-state index in [0.717, 1.165) is 11.3 Å². The number of likely N-dealkylation sites (N-methyl/N-ethyl adjacent to an activating group) is 2. The van der Waals surface area contributed by atoms with Crippen LogP contribution in [0.1, 0.15) is 46.4 Å². The molecule has 0 unspecified atom stereocenters. The number of anilines is 1. The van der Waals surface area contributed by atoms with E-state index in [9.17, 15) is 19.2 Å². The van der Waals surface area contributed by atoms with E-state index >= 15 is 0 Å². The van der Waals surface area contributed by atoms with E-state index < -0.39 is 5.97 Å². The second-order valence-corrected chi connectivity index (χ2v) is 7.51. The standard InChI is InChI=1S/C19H30N4O5S/c1-7-20-13(24)10-23(8-2)11-14(25)21-17-15(19(27)28-9-3)12(4)16(29-17)18(26)22(5)6/h7-11H2,1-6H3,(H,20,24)(H,21,25). The Morgan fingerprint density at radius 2 is 1.66 bits per heavy atom. The van der Waals surface area contributed by atoms with E-state index in [1.807, 2.05) is 13.8 Å². The quantitative estimate of drug-likeness (QED) is 0.547. The van der Waals surface area contributed by atoms with Crippen molar-refractivity contribution in [3.63, 3.8) is 0 Å². The van der Waals surface area contributed by atoms with Crippen molar-refractivity contribution in [2.24, 2.45) is 0 Å². The van der Waals surface area contributed by atoms with Gasteiger partial charge in [0, 0.05) is 20.6 Å². The summed E-state index contributed by atoms with van der Waals surface area (Å²) < 4.78 is 5.09. The maximum atomic E-state index is 12.6. The monoisotopic (exact) mass is 426 g/mol. The van der Waals surface area contributed by atoms with Crippen molar-refractivity contribution in [3.8, 4) is 0 Å². The maximum absolute atomic E-state index is 12.6. The van der Waals surface area contributed by atoms with Crippen LogP contribution in [0.3, 0.4) is 0 Å². The molecule has 0 aliphatic carbocycles. The topological polar surface area (TPSA) is 108 Å². The van der Waals surface area contributed by atoms with Crippen LogP contribution in [0.2, 0.25) is 0 Å². The average molecular weight is 427 g/mol. The van der Waals surface area contributed by atoms with Crippen molar-refractivity contribution in [3.05, 3.63) is 16.0 Å². The molecule has 10 heteroatoms. The largest absolute Gasteiger partial charge is 0.462 e. The van der Waals surface area contributed by atoms with Gasteiger partial charge in [-0.15, -0.1) is 11.3 Å². The predicted octanol–water partition coefficient (Wildman–Crippen LogP) is 1.33. The van der Waals surface area contributed by atoms with Crippen molar-refractivity contribution in [1.29, 1.82) is 0 Å². The Balaban J connectivity index is 3.07. The summed E-state index contributed by atoms with van der Waals surface area (Å²) in [5.41, 5.74) is 0.652. The van der Waals surface area contributed by atoms with Crippen LogP contribution in [0.5, 0.6) is 0 Å². The molecule has 0 atom stereocenters. The van der Waals surface area contributed by atoms with Crippen LogP contribution < -0.4 is 10.6 Å². The second kappa shape index (κ2) is 11.5. The molecule has 1 heterocycles. The molecular formula is C19H30N4O5S. The Morgan fingerprint density at radius 1 is 1.03 bits per heavy atom. The van der Waals surface area contributed by atoms with Gasteiger partial charge in [-0.1, -0.05) is 6.92 Å². The SMILES string of the molecule is CCNC(=O)CN(CC)CC(=O)Nc1sc(C(=O)N(C)C)c(C)c1C(=O)OCC. The highest BCUT2D eigenvalue weighted by Gasteiger charge is 2.27. The first-order valence-corrected chi connectivity index (χ1v) is 10.3. The minimum Gasteiger partial charge on any atom is -0.462 e. The molecule has 0 aliphatic heterocycles. The third-order valence-electron chi connectivity index (χ3n) is 4.04. The number of hydrogen-bond acceptors (Lipinski definition) is 7. The maximum Gasteiger partial charge on any atom is 0.341 e. The highest BCUT2D eigenvalue weighted by molar-refractivity contribution is 7.18. The molecule has 1 aromatic heterocycles. The number of ether oxygens (including phenoxy) is 1. The lowest BCUT2D eigenvalue weighted by Crippen LogP contribution is -2.41. The molecule has 0 saturated heterocycles. The highest BCUT2D eigenvalue weighted by Crippen LogP contribution is 2.34. The van der Waals surface area contributed by atoms with E-state index in [0.29, 0.717) is 23.5 Å². The summed E-state index contributed by atoms with van der Waals surface area (Å²) in [5, 5.41) is 5.67. The molecule has 0 fully saturated rings. The van der Waals surface area contributed by atoms with Crippen LogP contribution in [-0.2, 0) is 14.3 Å². The fourth-order valence-corrected chi connectivity index (χ4v) is 3.80. The minimum absolute atomic E-state index is 0.0240. The van der Waals surface area contributed by atoms with Crippen molar-refractivity contribution in [2.75, 3.05) is 52.2 Å². The smallest absolute Gasteiger partial charge is 0.341 e. The normalized spacial score (nSPS) is 10.6. The van der Waals surface area contributed by atoms with Gasteiger partial charge in [0.1, 0.15) is 5.00 Å². The number of thiophene rings is 1. The van der Waals surface area contributed by atoms with Crippen LogP contribution >= 0.6 is 11.3 Å². The summed E-state index contributed by atoms with van der Waals surface area (Å²) in [6.07, 6.45) is 0. The molecule has 0 spiro atoms. The first-order chi connectivity index (χ1) is 13.7. The number of rotatable bonds is 10. The Labute approximate surface area is 175 Å². The number of nitrogens with one attached hydrogen (secondary N) is 2. The van der Waals surface area contributed by atoms with Gasteiger partial charge in [-0.2, -0.15) is 0 Å². The molecule has 2 N–H and O–H groups in total. The Kier molecular flexibility index (Phi) is 9.76. The van der Waals surface area contributed by atoms with E-state index in [2.05, 4.69) is 10.6 Å². The Hall–Kier alpha value is -2.46. The lowest BCUT2D eigenvalue weighted by Gasteiger charge is -2.19. The number of carbonyl (C=O) groups excluding carboxylic acids is 4. The van der Waals surface area contributed by atoms with Gasteiger partial charge >= 0.3 is 5.97 Å². The lowest BCUT2D eigenvalue weighted by molar-refractivity contribution is -0.123. The number of nitrogens with zero attached hydrogens (tertiary/aromatic N) is 2. The first kappa shape index (κ1) is 24.6. The van der Waals surface area contributed by atoms with Gasteiger partial charge in [-0.3, -0.25) is 19.3 Å². The van der Waals surface area contributed by atoms with Crippen LogP contribution in [0, 0.1) is 6.92 Å². The fraction of sp³-hybridized carbons (Fsp3) is 0.579. The van der Waals surface area contributed by atoms with Crippen molar-refractivity contribution in [2.45, 2.75) is 27.7 Å². The van der Waals surface area contributed by atoms with E-state index in [4.69, 9.17) is 4.74 Å². The van der Waals surface area contributed by atoms with Gasteiger partial charge < -0.3 is 20.3 Å².